The second-order valence-corrected chi connectivity index (χ2v) is 9.22. The number of para-hydroxylation sites is 3. The molecule has 3 aromatic carbocycles. The largest absolute Gasteiger partial charge is 0.449 e. The summed E-state index contributed by atoms with van der Waals surface area (Å²) < 4.78 is 5.60. The minimum Gasteiger partial charge on any atom is -0.449 e. The zero-order chi connectivity index (χ0) is 26.8. The normalized spacial score (nSPS) is 14.2. The van der Waals surface area contributed by atoms with E-state index in [1.165, 1.54) is 30.7 Å². The molecular weight excluding hydrogens is 482 g/mol. The van der Waals surface area contributed by atoms with Crippen LogP contribution in [0.2, 0.25) is 0 Å². The summed E-state index contributed by atoms with van der Waals surface area (Å²) in [6, 6.07) is 21.4. The van der Waals surface area contributed by atoms with Gasteiger partial charge in [0.15, 0.2) is 6.10 Å². The summed E-state index contributed by atoms with van der Waals surface area (Å²) in [5, 5.41) is 14.4. The minimum absolute atomic E-state index is 0.0338. The quantitative estimate of drug-likeness (QED) is 0.191. The number of nitro groups is 1. The van der Waals surface area contributed by atoms with Crippen molar-refractivity contribution in [2.75, 3.05) is 5.32 Å². The molecule has 0 unspecified atom stereocenters. The predicted octanol–water partition coefficient (Wildman–Crippen LogP) is 6.12. The molecule has 0 saturated heterocycles. The summed E-state index contributed by atoms with van der Waals surface area (Å²) in [7, 11) is 0. The molecule has 1 aliphatic carbocycles. The Hall–Kier alpha value is -4.85. The number of ether oxygens (including phenoxy) is 1. The Morgan fingerprint density at radius 1 is 1.03 bits per heavy atom. The summed E-state index contributed by atoms with van der Waals surface area (Å²) in [6.07, 6.45) is 2.24. The number of esters is 1. The van der Waals surface area contributed by atoms with Gasteiger partial charge in [0.1, 0.15) is 5.69 Å². The Morgan fingerprint density at radius 3 is 2.50 bits per heavy atom. The number of benzene rings is 3. The lowest BCUT2D eigenvalue weighted by Gasteiger charge is -2.16. The van der Waals surface area contributed by atoms with Gasteiger partial charge in [-0.3, -0.25) is 14.9 Å². The fourth-order valence-corrected chi connectivity index (χ4v) is 4.62. The molecule has 190 valence electrons. The number of pyridine rings is 1. The van der Waals surface area contributed by atoms with Gasteiger partial charge in [-0.15, -0.1) is 0 Å². The third-order valence-electron chi connectivity index (χ3n) is 6.58. The molecule has 8 heteroatoms. The maximum Gasteiger partial charge on any atom is 0.339 e. The highest BCUT2D eigenvalue weighted by atomic mass is 16.6. The summed E-state index contributed by atoms with van der Waals surface area (Å²) in [6.45, 7) is 3.48. The summed E-state index contributed by atoms with van der Waals surface area (Å²) in [4.78, 5) is 41.9. The number of carbonyl (C=O) groups excluding carboxylic acids is 2. The first-order valence-electron chi connectivity index (χ1n) is 12.3. The van der Waals surface area contributed by atoms with Crippen LogP contribution in [0.25, 0.3) is 22.6 Å². The SMILES string of the molecule is Cc1ccc(/C=C2/CCc3c2nc2ccccc2c3C(=O)O[C@H](C)C(=O)Nc2ccccc2[N+](=O)[O-])cc1. The van der Waals surface area contributed by atoms with Gasteiger partial charge in [0.05, 0.1) is 21.7 Å². The summed E-state index contributed by atoms with van der Waals surface area (Å²) in [5.74, 6) is -1.30. The van der Waals surface area contributed by atoms with Crippen molar-refractivity contribution in [3.8, 4) is 0 Å². The minimum atomic E-state index is -1.19. The van der Waals surface area contributed by atoms with E-state index in [4.69, 9.17) is 9.72 Å². The molecule has 1 heterocycles. The third-order valence-corrected chi connectivity index (χ3v) is 6.58. The van der Waals surface area contributed by atoms with Crippen molar-refractivity contribution in [3.05, 3.63) is 111 Å². The summed E-state index contributed by atoms with van der Waals surface area (Å²) >= 11 is 0. The van der Waals surface area contributed by atoms with Crippen LogP contribution in [0.5, 0.6) is 0 Å². The lowest BCUT2D eigenvalue weighted by molar-refractivity contribution is -0.383. The van der Waals surface area contributed by atoms with E-state index in [1.807, 2.05) is 43.3 Å². The van der Waals surface area contributed by atoms with Gasteiger partial charge in [-0.25, -0.2) is 9.78 Å². The van der Waals surface area contributed by atoms with Gasteiger partial charge in [0.2, 0.25) is 0 Å². The molecule has 0 radical (unpaired) electrons. The van der Waals surface area contributed by atoms with Crippen LogP contribution in [0.1, 0.15) is 46.1 Å². The van der Waals surface area contributed by atoms with Crippen LogP contribution < -0.4 is 5.32 Å². The molecule has 1 aromatic heterocycles. The van der Waals surface area contributed by atoms with Crippen LogP contribution in [0, 0.1) is 17.0 Å². The Bertz CT molecular complexity index is 1610. The van der Waals surface area contributed by atoms with E-state index in [0.717, 1.165) is 28.8 Å². The number of fused-ring (bicyclic) bond motifs is 2. The Labute approximate surface area is 219 Å². The average molecular weight is 508 g/mol. The van der Waals surface area contributed by atoms with Gasteiger partial charge < -0.3 is 10.1 Å². The van der Waals surface area contributed by atoms with E-state index in [0.29, 0.717) is 22.9 Å². The average Bonchev–Trinajstić information content (AvgIpc) is 3.30. The smallest absolute Gasteiger partial charge is 0.339 e. The highest BCUT2D eigenvalue weighted by Crippen LogP contribution is 2.38. The van der Waals surface area contributed by atoms with Crippen molar-refractivity contribution >= 4 is 45.8 Å². The van der Waals surface area contributed by atoms with Gasteiger partial charge in [0, 0.05) is 11.5 Å². The predicted molar refractivity (Wildman–Crippen MR) is 146 cm³/mol. The molecule has 0 bridgehead atoms. The first-order chi connectivity index (χ1) is 18.3. The lowest BCUT2D eigenvalue weighted by atomic mass is 10.0. The Kier molecular flexibility index (Phi) is 6.70. The van der Waals surface area contributed by atoms with Crippen LogP contribution in [0.4, 0.5) is 11.4 Å². The van der Waals surface area contributed by atoms with Gasteiger partial charge >= 0.3 is 5.97 Å². The number of carbonyl (C=O) groups is 2. The van der Waals surface area contributed by atoms with Crippen LogP contribution in [0.15, 0.2) is 72.8 Å². The second-order valence-electron chi connectivity index (χ2n) is 9.22. The van der Waals surface area contributed by atoms with Crippen molar-refractivity contribution in [1.82, 2.24) is 4.98 Å². The standard InChI is InChI=1S/C30H25N3O5/c1-18-11-13-20(14-12-18)17-21-15-16-23-27(22-7-3-4-8-24(22)31-28(21)23)30(35)38-19(2)29(34)32-25-9-5-6-10-26(25)33(36)37/h3-14,17,19H,15-16H2,1-2H3,(H,32,34)/b21-17-/t19-/m1/s1. The molecular formula is C30H25N3O5. The van der Waals surface area contributed by atoms with Crippen LogP contribution in [-0.4, -0.2) is 27.9 Å². The molecule has 4 aromatic rings. The molecule has 0 aliphatic heterocycles. The van der Waals surface area contributed by atoms with E-state index >= 15 is 0 Å². The number of rotatable bonds is 6. The molecule has 5 rings (SSSR count). The highest BCUT2D eigenvalue weighted by molar-refractivity contribution is 6.08. The third kappa shape index (κ3) is 4.88. The molecule has 1 amide bonds. The molecule has 1 N–H and O–H groups in total. The van der Waals surface area contributed by atoms with Gasteiger partial charge in [-0.1, -0.05) is 60.2 Å². The number of aromatic nitrogens is 1. The number of nitrogens with one attached hydrogen (secondary N) is 1. The second kappa shape index (κ2) is 10.3. The van der Waals surface area contributed by atoms with E-state index in [1.54, 1.807) is 6.07 Å². The maximum absolute atomic E-state index is 13.5. The Balaban J connectivity index is 1.45. The molecule has 0 spiro atoms. The van der Waals surface area contributed by atoms with Gasteiger partial charge in [0.25, 0.3) is 11.6 Å². The number of aryl methyl sites for hydroxylation is 1. The molecule has 0 saturated carbocycles. The fraction of sp³-hybridized carbons (Fsp3) is 0.167. The number of allylic oxidation sites excluding steroid dienone is 1. The number of nitrogens with zero attached hydrogens (tertiary/aromatic N) is 2. The van der Waals surface area contributed by atoms with E-state index in [2.05, 4.69) is 23.5 Å². The first-order valence-corrected chi connectivity index (χ1v) is 12.3. The zero-order valence-electron chi connectivity index (χ0n) is 20.9. The molecule has 38 heavy (non-hydrogen) atoms. The first kappa shape index (κ1) is 24.8. The van der Waals surface area contributed by atoms with Crippen molar-refractivity contribution < 1.29 is 19.2 Å². The number of hydrogen-bond donors (Lipinski definition) is 1. The fourth-order valence-electron chi connectivity index (χ4n) is 4.62. The lowest BCUT2D eigenvalue weighted by Crippen LogP contribution is -2.30. The topological polar surface area (TPSA) is 111 Å². The van der Waals surface area contributed by atoms with E-state index in [9.17, 15) is 19.7 Å². The number of hydrogen-bond acceptors (Lipinski definition) is 6. The van der Waals surface area contributed by atoms with Crippen molar-refractivity contribution in [2.24, 2.45) is 0 Å². The number of anilines is 1. The monoisotopic (exact) mass is 507 g/mol. The van der Waals surface area contributed by atoms with Gasteiger partial charge in [-0.05, 0) is 61.6 Å². The molecule has 1 atom stereocenters. The van der Waals surface area contributed by atoms with Crippen LogP contribution in [-0.2, 0) is 16.0 Å². The maximum atomic E-state index is 13.5. The van der Waals surface area contributed by atoms with Crippen molar-refractivity contribution in [2.45, 2.75) is 32.8 Å². The molecule has 1 aliphatic rings. The van der Waals surface area contributed by atoms with Crippen LogP contribution in [0.3, 0.4) is 0 Å². The zero-order valence-corrected chi connectivity index (χ0v) is 20.9. The van der Waals surface area contributed by atoms with Crippen LogP contribution >= 0.6 is 0 Å². The Morgan fingerprint density at radius 2 is 1.74 bits per heavy atom. The molecule has 8 nitrogen and oxygen atoms in total. The van der Waals surface area contributed by atoms with Gasteiger partial charge in [-0.2, -0.15) is 0 Å². The van der Waals surface area contributed by atoms with Crippen molar-refractivity contribution in [1.29, 1.82) is 0 Å². The van der Waals surface area contributed by atoms with E-state index in [-0.39, 0.29) is 11.4 Å². The highest BCUT2D eigenvalue weighted by Gasteiger charge is 2.30. The molecule has 0 fully saturated rings. The summed E-state index contributed by atoms with van der Waals surface area (Å²) in [5.41, 5.74) is 5.65. The number of nitro benzene ring substituents is 1. The number of amides is 1. The van der Waals surface area contributed by atoms with E-state index < -0.39 is 22.9 Å². The van der Waals surface area contributed by atoms with Crippen molar-refractivity contribution in [3.63, 3.8) is 0 Å².